The summed E-state index contributed by atoms with van der Waals surface area (Å²) < 4.78 is 30.0. The topological polar surface area (TPSA) is 63.6 Å². The average Bonchev–Trinajstić information content (AvgIpc) is 2.46. The second-order valence-corrected chi connectivity index (χ2v) is 7.56. The Labute approximate surface area is 131 Å². The van der Waals surface area contributed by atoms with E-state index in [2.05, 4.69) is 0 Å². The van der Waals surface area contributed by atoms with Crippen molar-refractivity contribution < 1.29 is 18.3 Å². The van der Waals surface area contributed by atoms with Gasteiger partial charge in [-0.05, 0) is 43.7 Å². The minimum atomic E-state index is -3.58. The maximum absolute atomic E-state index is 12.5. The molecule has 1 unspecified atom stereocenters. The minimum absolute atomic E-state index is 0.215. The van der Waals surface area contributed by atoms with Crippen molar-refractivity contribution in [2.75, 3.05) is 12.9 Å². The van der Waals surface area contributed by atoms with Crippen LogP contribution in [0.25, 0.3) is 0 Å². The molecule has 118 valence electrons. The quantitative estimate of drug-likeness (QED) is 0.920. The summed E-state index contributed by atoms with van der Waals surface area (Å²) in [4.78, 5) is 0.215. The van der Waals surface area contributed by atoms with E-state index in [0.29, 0.717) is 11.3 Å². The van der Waals surface area contributed by atoms with Gasteiger partial charge in [-0.2, -0.15) is 0 Å². The Bertz CT molecular complexity index is 729. The molecule has 2 rings (SSSR count). The van der Waals surface area contributed by atoms with E-state index in [-0.39, 0.29) is 10.6 Å². The van der Waals surface area contributed by atoms with Crippen molar-refractivity contribution in [3.05, 3.63) is 59.7 Å². The van der Waals surface area contributed by atoms with Crippen molar-refractivity contribution in [1.82, 2.24) is 0 Å². The fourth-order valence-corrected chi connectivity index (χ4v) is 3.86. The number of aliphatic hydroxyl groups is 1. The zero-order valence-corrected chi connectivity index (χ0v) is 13.7. The Morgan fingerprint density at radius 2 is 1.59 bits per heavy atom. The van der Waals surface area contributed by atoms with Crippen molar-refractivity contribution in [3.8, 4) is 5.75 Å². The van der Waals surface area contributed by atoms with Gasteiger partial charge in [0.15, 0.2) is 9.84 Å². The van der Waals surface area contributed by atoms with E-state index in [4.69, 9.17) is 4.74 Å². The molecule has 0 radical (unpaired) electrons. The summed E-state index contributed by atoms with van der Waals surface area (Å²) in [7, 11) is -2.03. The SMILES string of the molecule is COc1ccc(C(C)(O)CS(=O)(=O)c2ccc(C)cc2)cc1. The van der Waals surface area contributed by atoms with Gasteiger partial charge < -0.3 is 9.84 Å². The third-order valence-corrected chi connectivity index (χ3v) is 5.50. The zero-order chi connectivity index (χ0) is 16.4. The highest BCUT2D eigenvalue weighted by Crippen LogP contribution is 2.27. The monoisotopic (exact) mass is 320 g/mol. The third kappa shape index (κ3) is 3.67. The first-order chi connectivity index (χ1) is 10.2. The molecule has 0 heterocycles. The van der Waals surface area contributed by atoms with Crippen LogP contribution in [-0.2, 0) is 15.4 Å². The van der Waals surface area contributed by atoms with Gasteiger partial charge in [-0.3, -0.25) is 0 Å². The number of ether oxygens (including phenoxy) is 1. The smallest absolute Gasteiger partial charge is 0.181 e. The fourth-order valence-electron chi connectivity index (χ4n) is 2.23. The lowest BCUT2D eigenvalue weighted by Crippen LogP contribution is -2.31. The molecule has 4 nitrogen and oxygen atoms in total. The average molecular weight is 320 g/mol. The summed E-state index contributed by atoms with van der Waals surface area (Å²) in [6, 6.07) is 13.4. The van der Waals surface area contributed by atoms with E-state index in [1.807, 2.05) is 6.92 Å². The molecule has 0 aromatic heterocycles. The molecule has 0 amide bonds. The molecule has 22 heavy (non-hydrogen) atoms. The van der Waals surface area contributed by atoms with Crippen molar-refractivity contribution >= 4 is 9.84 Å². The van der Waals surface area contributed by atoms with Crippen LogP contribution >= 0.6 is 0 Å². The molecule has 0 saturated heterocycles. The van der Waals surface area contributed by atoms with Gasteiger partial charge in [-0.25, -0.2) is 8.42 Å². The van der Waals surface area contributed by atoms with E-state index in [1.54, 1.807) is 55.6 Å². The highest BCUT2D eigenvalue weighted by molar-refractivity contribution is 7.91. The summed E-state index contributed by atoms with van der Waals surface area (Å²) >= 11 is 0. The predicted octanol–water partition coefficient (Wildman–Crippen LogP) is 2.69. The maximum atomic E-state index is 12.5. The van der Waals surface area contributed by atoms with Gasteiger partial charge in [0.05, 0.1) is 17.8 Å². The van der Waals surface area contributed by atoms with Gasteiger partial charge >= 0.3 is 0 Å². The second-order valence-electron chi connectivity index (χ2n) is 5.57. The highest BCUT2D eigenvalue weighted by atomic mass is 32.2. The van der Waals surface area contributed by atoms with Gasteiger partial charge in [-0.15, -0.1) is 0 Å². The van der Waals surface area contributed by atoms with E-state index < -0.39 is 15.4 Å². The van der Waals surface area contributed by atoms with Gasteiger partial charge in [0.25, 0.3) is 0 Å². The number of hydrogen-bond acceptors (Lipinski definition) is 4. The Morgan fingerprint density at radius 1 is 1.05 bits per heavy atom. The summed E-state index contributed by atoms with van der Waals surface area (Å²) in [6.07, 6.45) is 0. The Balaban J connectivity index is 2.27. The lowest BCUT2D eigenvalue weighted by atomic mass is 9.98. The first-order valence-corrected chi connectivity index (χ1v) is 8.56. The number of aryl methyl sites for hydroxylation is 1. The van der Waals surface area contributed by atoms with Crippen LogP contribution in [0.2, 0.25) is 0 Å². The van der Waals surface area contributed by atoms with Crippen LogP contribution in [0, 0.1) is 6.92 Å². The largest absolute Gasteiger partial charge is 0.497 e. The lowest BCUT2D eigenvalue weighted by molar-refractivity contribution is 0.0819. The van der Waals surface area contributed by atoms with Crippen LogP contribution in [0.1, 0.15) is 18.1 Å². The molecule has 0 spiro atoms. The number of methoxy groups -OCH3 is 1. The minimum Gasteiger partial charge on any atom is -0.497 e. The Kier molecular flexibility index (Phi) is 4.58. The van der Waals surface area contributed by atoms with Gasteiger partial charge in [0, 0.05) is 0 Å². The van der Waals surface area contributed by atoms with E-state index >= 15 is 0 Å². The molecule has 0 saturated carbocycles. The van der Waals surface area contributed by atoms with Crippen LogP contribution in [0.15, 0.2) is 53.4 Å². The number of hydrogen-bond donors (Lipinski definition) is 1. The molecular weight excluding hydrogens is 300 g/mol. The van der Waals surface area contributed by atoms with E-state index in [0.717, 1.165) is 5.56 Å². The molecule has 5 heteroatoms. The first kappa shape index (κ1) is 16.5. The zero-order valence-electron chi connectivity index (χ0n) is 12.9. The van der Waals surface area contributed by atoms with Gasteiger partial charge in [0.2, 0.25) is 0 Å². The molecule has 0 bridgehead atoms. The molecular formula is C17H20O4S. The number of rotatable bonds is 5. The molecule has 1 atom stereocenters. The lowest BCUT2D eigenvalue weighted by Gasteiger charge is -2.24. The summed E-state index contributed by atoms with van der Waals surface area (Å²) in [5.74, 6) is 0.274. The van der Waals surface area contributed by atoms with Crippen LogP contribution in [-0.4, -0.2) is 26.4 Å². The van der Waals surface area contributed by atoms with E-state index in [9.17, 15) is 13.5 Å². The summed E-state index contributed by atoms with van der Waals surface area (Å²) in [5.41, 5.74) is 0.0422. The van der Waals surface area contributed by atoms with Crippen molar-refractivity contribution in [2.45, 2.75) is 24.3 Å². The molecule has 2 aromatic carbocycles. The fraction of sp³-hybridized carbons (Fsp3) is 0.294. The molecule has 0 aliphatic carbocycles. The normalized spacial score (nSPS) is 14.4. The second kappa shape index (κ2) is 6.10. The van der Waals surface area contributed by atoms with E-state index in [1.165, 1.54) is 6.92 Å². The van der Waals surface area contributed by atoms with Crippen molar-refractivity contribution in [1.29, 1.82) is 0 Å². The molecule has 1 N–H and O–H groups in total. The van der Waals surface area contributed by atoms with Crippen LogP contribution < -0.4 is 4.74 Å². The first-order valence-electron chi connectivity index (χ1n) is 6.91. The standard InChI is InChI=1S/C17H20O4S/c1-13-4-10-16(11-5-13)22(19,20)12-17(2,18)14-6-8-15(21-3)9-7-14/h4-11,18H,12H2,1-3H3. The van der Waals surface area contributed by atoms with Crippen LogP contribution in [0.4, 0.5) is 0 Å². The molecule has 0 aliphatic heterocycles. The third-order valence-electron chi connectivity index (χ3n) is 3.56. The highest BCUT2D eigenvalue weighted by Gasteiger charge is 2.31. The van der Waals surface area contributed by atoms with Gasteiger partial charge in [0.1, 0.15) is 11.4 Å². The predicted molar refractivity (Wildman–Crippen MR) is 85.8 cm³/mol. The van der Waals surface area contributed by atoms with Crippen LogP contribution in [0.5, 0.6) is 5.75 Å². The molecule has 0 fully saturated rings. The number of benzene rings is 2. The Hall–Kier alpha value is -1.85. The number of sulfone groups is 1. The van der Waals surface area contributed by atoms with Crippen LogP contribution in [0.3, 0.4) is 0 Å². The molecule has 0 aliphatic rings. The maximum Gasteiger partial charge on any atom is 0.181 e. The molecule has 2 aromatic rings. The summed E-state index contributed by atoms with van der Waals surface area (Å²) in [6.45, 7) is 3.39. The summed E-state index contributed by atoms with van der Waals surface area (Å²) in [5, 5.41) is 10.6. The Morgan fingerprint density at radius 3 is 2.09 bits per heavy atom. The van der Waals surface area contributed by atoms with Gasteiger partial charge in [-0.1, -0.05) is 29.8 Å². The van der Waals surface area contributed by atoms with Crippen molar-refractivity contribution in [2.24, 2.45) is 0 Å². The van der Waals surface area contributed by atoms with Crippen molar-refractivity contribution in [3.63, 3.8) is 0 Å².